The van der Waals surface area contributed by atoms with Crippen LogP contribution < -0.4 is 10.6 Å². The highest BCUT2D eigenvalue weighted by atomic mass is 16.2. The Labute approximate surface area is 94.6 Å². The molecule has 1 rings (SSSR count). The zero-order valence-electron chi connectivity index (χ0n) is 9.32. The van der Waals surface area contributed by atoms with Crippen LogP contribution in [0.25, 0.3) is 0 Å². The smallest absolute Gasteiger partial charge is 0.310 e. The lowest BCUT2D eigenvalue weighted by Crippen LogP contribution is -2.50. The molecule has 1 unspecified atom stereocenters. The molecule has 1 heterocycles. The molecule has 2 N–H and O–H groups in total. The predicted octanol–water partition coefficient (Wildman–Crippen LogP) is -1.16. The van der Waals surface area contributed by atoms with Gasteiger partial charge >= 0.3 is 11.8 Å². The molecule has 0 radical (unpaired) electrons. The molecule has 6 nitrogen and oxygen atoms in total. The van der Waals surface area contributed by atoms with E-state index < -0.39 is 11.8 Å². The first-order valence-electron chi connectivity index (χ1n) is 5.27. The van der Waals surface area contributed by atoms with E-state index in [1.807, 2.05) is 7.05 Å². The van der Waals surface area contributed by atoms with Gasteiger partial charge in [-0.1, -0.05) is 0 Å². The van der Waals surface area contributed by atoms with Crippen molar-refractivity contribution in [1.82, 2.24) is 15.5 Å². The second kappa shape index (κ2) is 6.08. The number of likely N-dealkylation sites (tertiary alicyclic amines) is 1. The summed E-state index contributed by atoms with van der Waals surface area (Å²) in [6.45, 7) is 1.64. The molecular weight excluding hydrogens is 208 g/mol. The molecule has 1 fully saturated rings. The maximum Gasteiger partial charge on any atom is 0.310 e. The number of hydrogen-bond acceptors (Lipinski definition) is 4. The topological polar surface area (TPSA) is 85.2 Å². The summed E-state index contributed by atoms with van der Waals surface area (Å²) in [6.07, 6.45) is 1.91. The molecule has 1 atom stereocenters. The quantitative estimate of drug-likeness (QED) is 0.457. The highest BCUT2D eigenvalue weighted by Crippen LogP contribution is 2.07. The third-order valence-electron chi connectivity index (χ3n) is 2.49. The van der Waals surface area contributed by atoms with Crippen molar-refractivity contribution in [2.24, 2.45) is 0 Å². The van der Waals surface area contributed by atoms with Gasteiger partial charge in [-0.15, -0.1) is 0 Å². The lowest BCUT2D eigenvalue weighted by molar-refractivity contribution is -0.139. The fraction of sp³-hybridized carbons (Fsp3) is 0.700. The van der Waals surface area contributed by atoms with Crippen molar-refractivity contribution in [2.75, 3.05) is 26.7 Å². The number of hydrogen-bond donors (Lipinski definition) is 2. The molecular formula is C10H16N4O2. The average Bonchev–Trinajstić information content (AvgIpc) is 2.25. The molecule has 1 saturated heterocycles. The highest BCUT2D eigenvalue weighted by Gasteiger charge is 2.21. The van der Waals surface area contributed by atoms with E-state index in [4.69, 9.17) is 5.26 Å². The van der Waals surface area contributed by atoms with Crippen LogP contribution in [0.15, 0.2) is 0 Å². The van der Waals surface area contributed by atoms with E-state index in [0.29, 0.717) is 0 Å². The summed E-state index contributed by atoms with van der Waals surface area (Å²) in [5.74, 6) is -1.40. The first-order chi connectivity index (χ1) is 7.63. The Morgan fingerprint density at radius 1 is 1.50 bits per heavy atom. The van der Waals surface area contributed by atoms with Crippen LogP contribution in [0.4, 0.5) is 0 Å². The predicted molar refractivity (Wildman–Crippen MR) is 57.3 cm³/mol. The van der Waals surface area contributed by atoms with Crippen LogP contribution in [0, 0.1) is 11.3 Å². The Morgan fingerprint density at radius 3 is 2.88 bits per heavy atom. The molecule has 0 aliphatic carbocycles. The second-order valence-electron chi connectivity index (χ2n) is 3.92. The van der Waals surface area contributed by atoms with Crippen LogP contribution in [0.5, 0.6) is 0 Å². The van der Waals surface area contributed by atoms with Crippen LogP contribution in [-0.2, 0) is 9.59 Å². The maximum atomic E-state index is 11.4. The standard InChI is InChI=1S/C10H16N4O2/c1-14-6-2-3-8(7-14)13-10(16)9(15)12-5-4-11/h8H,2-3,5-7H2,1H3,(H,12,15)(H,13,16). The second-order valence-corrected chi connectivity index (χ2v) is 3.92. The van der Waals surface area contributed by atoms with Crippen molar-refractivity contribution in [3.63, 3.8) is 0 Å². The molecule has 0 aromatic rings. The van der Waals surface area contributed by atoms with Crippen molar-refractivity contribution < 1.29 is 9.59 Å². The fourth-order valence-corrected chi connectivity index (χ4v) is 1.74. The summed E-state index contributed by atoms with van der Waals surface area (Å²) >= 11 is 0. The SMILES string of the molecule is CN1CCCC(NC(=O)C(=O)NCC#N)C1. The van der Waals surface area contributed by atoms with Gasteiger partial charge in [0, 0.05) is 12.6 Å². The van der Waals surface area contributed by atoms with Gasteiger partial charge in [0.05, 0.1) is 6.07 Å². The Bertz CT molecular complexity index is 310. The average molecular weight is 224 g/mol. The van der Waals surface area contributed by atoms with Gasteiger partial charge in [0.1, 0.15) is 6.54 Å². The molecule has 6 heteroatoms. The minimum absolute atomic E-state index is 0.0269. The van der Waals surface area contributed by atoms with Crippen LogP contribution in [0.3, 0.4) is 0 Å². The van der Waals surface area contributed by atoms with Crippen LogP contribution in [0.1, 0.15) is 12.8 Å². The number of piperidine rings is 1. The number of likely N-dealkylation sites (N-methyl/N-ethyl adjacent to an activating group) is 1. The summed E-state index contributed by atoms with van der Waals surface area (Å²) in [4.78, 5) is 24.7. The largest absolute Gasteiger partial charge is 0.344 e. The third-order valence-corrected chi connectivity index (χ3v) is 2.49. The van der Waals surface area contributed by atoms with E-state index in [2.05, 4.69) is 15.5 Å². The van der Waals surface area contributed by atoms with E-state index in [9.17, 15) is 9.59 Å². The minimum atomic E-state index is -0.741. The molecule has 0 aromatic carbocycles. The summed E-state index contributed by atoms with van der Waals surface area (Å²) in [7, 11) is 1.98. The molecule has 0 spiro atoms. The zero-order chi connectivity index (χ0) is 12.0. The van der Waals surface area contributed by atoms with E-state index in [-0.39, 0.29) is 12.6 Å². The number of nitriles is 1. The lowest BCUT2D eigenvalue weighted by atomic mass is 10.1. The fourth-order valence-electron chi connectivity index (χ4n) is 1.74. The first-order valence-corrected chi connectivity index (χ1v) is 5.27. The first kappa shape index (κ1) is 12.5. The van der Waals surface area contributed by atoms with Crippen LogP contribution >= 0.6 is 0 Å². The van der Waals surface area contributed by atoms with Gasteiger partial charge in [0.25, 0.3) is 0 Å². The van der Waals surface area contributed by atoms with E-state index >= 15 is 0 Å². The maximum absolute atomic E-state index is 11.4. The van der Waals surface area contributed by atoms with Gasteiger partial charge in [0.15, 0.2) is 0 Å². The van der Waals surface area contributed by atoms with Crippen molar-refractivity contribution >= 4 is 11.8 Å². The highest BCUT2D eigenvalue weighted by molar-refractivity contribution is 6.35. The molecule has 1 aliphatic rings. The van der Waals surface area contributed by atoms with E-state index in [1.54, 1.807) is 6.07 Å². The van der Waals surface area contributed by atoms with Gasteiger partial charge in [-0.2, -0.15) is 5.26 Å². The number of carbonyl (C=O) groups is 2. The third kappa shape index (κ3) is 3.87. The number of carbonyl (C=O) groups excluding carboxylic acids is 2. The van der Waals surface area contributed by atoms with Crippen molar-refractivity contribution in [2.45, 2.75) is 18.9 Å². The van der Waals surface area contributed by atoms with Crippen molar-refractivity contribution in [1.29, 1.82) is 5.26 Å². The summed E-state index contributed by atoms with van der Waals surface area (Å²) < 4.78 is 0. The molecule has 88 valence electrons. The number of amides is 2. The van der Waals surface area contributed by atoms with E-state index in [0.717, 1.165) is 25.9 Å². The summed E-state index contributed by atoms with van der Waals surface area (Å²) in [5, 5.41) is 13.1. The molecule has 1 aliphatic heterocycles. The molecule has 16 heavy (non-hydrogen) atoms. The Kier molecular flexibility index (Phi) is 4.73. The van der Waals surface area contributed by atoms with Crippen molar-refractivity contribution in [3.05, 3.63) is 0 Å². The van der Waals surface area contributed by atoms with Crippen molar-refractivity contribution in [3.8, 4) is 6.07 Å². The normalized spacial score (nSPS) is 20.9. The number of nitrogens with zero attached hydrogens (tertiary/aromatic N) is 2. The van der Waals surface area contributed by atoms with E-state index in [1.165, 1.54) is 0 Å². The van der Waals surface area contributed by atoms with Gasteiger partial charge in [0.2, 0.25) is 0 Å². The van der Waals surface area contributed by atoms with Gasteiger partial charge < -0.3 is 15.5 Å². The van der Waals surface area contributed by atoms with Gasteiger partial charge in [-0.3, -0.25) is 9.59 Å². The van der Waals surface area contributed by atoms with Gasteiger partial charge in [-0.05, 0) is 26.4 Å². The number of nitrogens with one attached hydrogen (secondary N) is 2. The molecule has 0 saturated carbocycles. The lowest BCUT2D eigenvalue weighted by Gasteiger charge is -2.29. The summed E-state index contributed by atoms with van der Waals surface area (Å²) in [5.41, 5.74) is 0. The zero-order valence-corrected chi connectivity index (χ0v) is 9.32. The molecule has 2 amide bonds. The Hall–Kier alpha value is -1.61. The number of rotatable bonds is 2. The summed E-state index contributed by atoms with van der Waals surface area (Å²) in [6, 6.07) is 1.77. The minimum Gasteiger partial charge on any atom is -0.344 e. The molecule has 0 aromatic heterocycles. The van der Waals surface area contributed by atoms with Crippen LogP contribution in [-0.4, -0.2) is 49.4 Å². The Morgan fingerprint density at radius 2 is 2.25 bits per heavy atom. The van der Waals surface area contributed by atoms with Gasteiger partial charge in [-0.25, -0.2) is 0 Å². The monoisotopic (exact) mass is 224 g/mol. The van der Waals surface area contributed by atoms with Crippen LogP contribution in [0.2, 0.25) is 0 Å². The molecule has 0 bridgehead atoms. The Balaban J connectivity index is 2.33.